The van der Waals surface area contributed by atoms with Gasteiger partial charge >= 0.3 is 5.97 Å². The van der Waals surface area contributed by atoms with Gasteiger partial charge in [0.2, 0.25) is 17.7 Å². The van der Waals surface area contributed by atoms with Crippen LogP contribution >= 0.6 is 0 Å². The Bertz CT molecular complexity index is 580. The number of piperidine rings is 1. The van der Waals surface area contributed by atoms with Crippen LogP contribution < -0.4 is 10.6 Å². The van der Waals surface area contributed by atoms with Crippen LogP contribution in [0, 0.1) is 0 Å². The van der Waals surface area contributed by atoms with E-state index in [-0.39, 0.29) is 31.0 Å². The third kappa shape index (κ3) is 3.16. The molecule has 1 saturated heterocycles. The van der Waals surface area contributed by atoms with E-state index in [1.165, 1.54) is 0 Å². The summed E-state index contributed by atoms with van der Waals surface area (Å²) < 4.78 is 1.05. The van der Waals surface area contributed by atoms with Gasteiger partial charge in [-0.15, -0.1) is 5.10 Å². The first-order valence-corrected chi connectivity index (χ1v) is 5.72. The first kappa shape index (κ1) is 13.6. The van der Waals surface area contributed by atoms with E-state index < -0.39 is 23.8 Å². The molecule has 2 rings (SSSR count). The van der Waals surface area contributed by atoms with Crippen molar-refractivity contribution in [2.24, 2.45) is 0 Å². The minimum Gasteiger partial charge on any atom is -0.476 e. The standard InChI is InChI=1S/C10H11N5O5/c16-7-2-1-5(9(18)12-7)11-8(17)4-15-3-6(10(19)20)13-14-15/h3,5H,1-2,4H2,(H,11,17)(H,19,20)(H,12,16,18). The number of carbonyl (C=O) groups is 4. The number of hydrogen-bond acceptors (Lipinski definition) is 6. The van der Waals surface area contributed by atoms with Crippen LogP contribution in [0.2, 0.25) is 0 Å². The van der Waals surface area contributed by atoms with E-state index in [1.807, 2.05) is 0 Å². The molecule has 1 aromatic rings. The number of carboxylic acids is 1. The predicted molar refractivity (Wildman–Crippen MR) is 61.3 cm³/mol. The van der Waals surface area contributed by atoms with Crippen LogP contribution in [0.5, 0.6) is 0 Å². The van der Waals surface area contributed by atoms with E-state index in [4.69, 9.17) is 5.11 Å². The first-order valence-electron chi connectivity index (χ1n) is 5.72. The van der Waals surface area contributed by atoms with Gasteiger partial charge in [0.1, 0.15) is 12.6 Å². The zero-order valence-electron chi connectivity index (χ0n) is 10.2. The van der Waals surface area contributed by atoms with E-state index >= 15 is 0 Å². The predicted octanol–water partition coefficient (Wildman–Crippen LogP) is -2.10. The Hall–Kier alpha value is -2.78. The molecule has 106 valence electrons. The van der Waals surface area contributed by atoms with Gasteiger partial charge in [-0.3, -0.25) is 19.7 Å². The molecule has 10 heteroatoms. The lowest BCUT2D eigenvalue weighted by atomic mass is 10.1. The fourth-order valence-corrected chi connectivity index (χ4v) is 1.69. The fourth-order valence-electron chi connectivity index (χ4n) is 1.69. The second-order valence-corrected chi connectivity index (χ2v) is 4.18. The summed E-state index contributed by atoms with van der Waals surface area (Å²) in [5.74, 6) is -2.70. The van der Waals surface area contributed by atoms with Gasteiger partial charge in [-0.05, 0) is 6.42 Å². The fraction of sp³-hybridized carbons (Fsp3) is 0.400. The van der Waals surface area contributed by atoms with Gasteiger partial charge in [-0.2, -0.15) is 0 Å². The van der Waals surface area contributed by atoms with E-state index in [2.05, 4.69) is 20.9 Å². The van der Waals surface area contributed by atoms with Crippen LogP contribution in [-0.2, 0) is 20.9 Å². The highest BCUT2D eigenvalue weighted by Crippen LogP contribution is 2.04. The molecule has 20 heavy (non-hydrogen) atoms. The first-order chi connectivity index (χ1) is 9.45. The second-order valence-electron chi connectivity index (χ2n) is 4.18. The number of nitrogens with zero attached hydrogens (tertiary/aromatic N) is 3. The van der Waals surface area contributed by atoms with E-state index in [0.717, 1.165) is 10.9 Å². The van der Waals surface area contributed by atoms with E-state index in [0.29, 0.717) is 0 Å². The lowest BCUT2D eigenvalue weighted by Crippen LogP contribution is -2.52. The van der Waals surface area contributed by atoms with Crippen molar-refractivity contribution in [1.29, 1.82) is 0 Å². The monoisotopic (exact) mass is 281 g/mol. The molecule has 1 aromatic heterocycles. The van der Waals surface area contributed by atoms with E-state index in [9.17, 15) is 19.2 Å². The highest BCUT2D eigenvalue weighted by molar-refractivity contribution is 6.01. The highest BCUT2D eigenvalue weighted by Gasteiger charge is 2.27. The average molecular weight is 281 g/mol. The van der Waals surface area contributed by atoms with E-state index in [1.54, 1.807) is 0 Å². The van der Waals surface area contributed by atoms with Crippen molar-refractivity contribution >= 4 is 23.7 Å². The Kier molecular flexibility index (Phi) is 3.73. The second kappa shape index (κ2) is 5.47. The molecule has 0 saturated carbocycles. The number of aromatic carboxylic acids is 1. The van der Waals surface area contributed by atoms with Crippen molar-refractivity contribution in [3.63, 3.8) is 0 Å². The van der Waals surface area contributed by atoms with Gasteiger partial charge in [-0.25, -0.2) is 9.48 Å². The summed E-state index contributed by atoms with van der Waals surface area (Å²) >= 11 is 0. The normalized spacial score (nSPS) is 18.5. The Balaban J connectivity index is 1.90. The molecule has 0 aliphatic carbocycles. The molecule has 0 bridgehead atoms. The molecule has 0 aromatic carbocycles. The summed E-state index contributed by atoms with van der Waals surface area (Å²) in [5.41, 5.74) is -0.279. The number of carboxylic acid groups (broad SMARTS) is 1. The zero-order valence-corrected chi connectivity index (χ0v) is 10.2. The van der Waals surface area contributed by atoms with Gasteiger partial charge in [-0.1, -0.05) is 5.21 Å². The molecule has 1 unspecified atom stereocenters. The number of carbonyl (C=O) groups excluding carboxylic acids is 3. The summed E-state index contributed by atoms with van der Waals surface area (Å²) in [6, 6.07) is -0.775. The largest absolute Gasteiger partial charge is 0.476 e. The number of rotatable bonds is 4. The molecule has 0 spiro atoms. The molecule has 3 N–H and O–H groups in total. The van der Waals surface area contributed by atoms with Gasteiger partial charge in [0.05, 0.1) is 6.20 Å². The maximum absolute atomic E-state index is 11.7. The molecule has 3 amide bonds. The van der Waals surface area contributed by atoms with Crippen molar-refractivity contribution in [2.45, 2.75) is 25.4 Å². The number of hydrogen-bond donors (Lipinski definition) is 3. The maximum Gasteiger partial charge on any atom is 0.358 e. The number of amides is 3. The van der Waals surface area contributed by atoms with Crippen LogP contribution in [0.1, 0.15) is 23.3 Å². The summed E-state index contributed by atoms with van der Waals surface area (Å²) in [5, 5.41) is 20.0. The van der Waals surface area contributed by atoms with Crippen LogP contribution in [-0.4, -0.2) is 49.8 Å². The molecule has 10 nitrogen and oxygen atoms in total. The van der Waals surface area contributed by atoms with Crippen LogP contribution in [0.15, 0.2) is 6.20 Å². The Labute approximate surface area is 112 Å². The molecule has 1 fully saturated rings. The van der Waals surface area contributed by atoms with Gasteiger partial charge in [0, 0.05) is 6.42 Å². The van der Waals surface area contributed by atoms with Crippen molar-refractivity contribution in [2.75, 3.05) is 0 Å². The lowest BCUT2D eigenvalue weighted by Gasteiger charge is -2.21. The quantitative estimate of drug-likeness (QED) is 0.536. The van der Waals surface area contributed by atoms with Crippen LogP contribution in [0.4, 0.5) is 0 Å². The summed E-state index contributed by atoms with van der Waals surface area (Å²) in [6.07, 6.45) is 1.49. The molecule has 1 aliphatic heterocycles. The van der Waals surface area contributed by atoms with Crippen molar-refractivity contribution in [3.05, 3.63) is 11.9 Å². The third-order valence-corrected chi connectivity index (χ3v) is 2.64. The third-order valence-electron chi connectivity index (χ3n) is 2.64. The van der Waals surface area contributed by atoms with Crippen LogP contribution in [0.3, 0.4) is 0 Å². The van der Waals surface area contributed by atoms with Gasteiger partial charge in [0.25, 0.3) is 0 Å². The smallest absolute Gasteiger partial charge is 0.358 e. The molecular formula is C10H11N5O5. The van der Waals surface area contributed by atoms with Gasteiger partial charge < -0.3 is 10.4 Å². The summed E-state index contributed by atoms with van der Waals surface area (Å²) in [4.78, 5) is 44.6. The van der Waals surface area contributed by atoms with Crippen molar-refractivity contribution < 1.29 is 24.3 Å². The number of imide groups is 1. The number of aromatic nitrogens is 3. The average Bonchev–Trinajstić information content (AvgIpc) is 2.81. The number of nitrogens with one attached hydrogen (secondary N) is 2. The SMILES string of the molecule is O=C1CCC(NC(=O)Cn2cc(C(=O)O)nn2)C(=O)N1. The van der Waals surface area contributed by atoms with Gasteiger partial charge in [0.15, 0.2) is 5.69 Å². The topological polar surface area (TPSA) is 143 Å². The maximum atomic E-state index is 11.7. The molecule has 0 radical (unpaired) electrons. The summed E-state index contributed by atoms with van der Waals surface area (Å²) in [6.45, 7) is -0.266. The lowest BCUT2D eigenvalue weighted by molar-refractivity contribution is -0.137. The Morgan fingerprint density at radius 3 is 2.85 bits per heavy atom. The minimum absolute atomic E-state index is 0.156. The molecule has 2 heterocycles. The van der Waals surface area contributed by atoms with Crippen LogP contribution in [0.25, 0.3) is 0 Å². The molecular weight excluding hydrogens is 270 g/mol. The van der Waals surface area contributed by atoms with Crippen molar-refractivity contribution in [3.8, 4) is 0 Å². The van der Waals surface area contributed by atoms with Crippen molar-refractivity contribution in [1.82, 2.24) is 25.6 Å². The Morgan fingerprint density at radius 2 is 2.25 bits per heavy atom. The molecule has 1 atom stereocenters. The highest BCUT2D eigenvalue weighted by atomic mass is 16.4. The summed E-state index contributed by atoms with van der Waals surface area (Å²) in [7, 11) is 0. The molecule has 1 aliphatic rings. The minimum atomic E-state index is -1.25. The zero-order chi connectivity index (χ0) is 14.7. The Morgan fingerprint density at radius 1 is 1.50 bits per heavy atom.